The number of halogens is 1. The van der Waals surface area contributed by atoms with E-state index in [2.05, 4.69) is 53.8 Å². The van der Waals surface area contributed by atoms with Gasteiger partial charge in [0.05, 0.1) is 16.8 Å². The van der Waals surface area contributed by atoms with E-state index in [0.717, 1.165) is 10.2 Å². The molecule has 0 aliphatic carbocycles. The van der Waals surface area contributed by atoms with Crippen molar-refractivity contribution >= 4 is 15.9 Å². The van der Waals surface area contributed by atoms with Gasteiger partial charge < -0.3 is 9.73 Å². The van der Waals surface area contributed by atoms with Crippen molar-refractivity contribution in [2.45, 2.75) is 58.2 Å². The number of hydrogen-bond donors (Lipinski definition) is 1. The molecule has 1 saturated heterocycles. The maximum atomic E-state index is 5.52. The first-order valence-corrected chi connectivity index (χ1v) is 7.91. The van der Waals surface area contributed by atoms with Gasteiger partial charge >= 0.3 is 0 Å². The second-order valence-corrected chi connectivity index (χ2v) is 7.31. The molecule has 3 nitrogen and oxygen atoms in total. The van der Waals surface area contributed by atoms with Crippen molar-refractivity contribution in [3.8, 4) is 0 Å². The lowest BCUT2D eigenvalue weighted by Gasteiger charge is -2.41. The van der Waals surface area contributed by atoms with Crippen LogP contribution >= 0.6 is 15.9 Å². The molecule has 0 radical (unpaired) electrons. The van der Waals surface area contributed by atoms with Crippen LogP contribution in [0.3, 0.4) is 0 Å². The Balaban J connectivity index is 1.85. The van der Waals surface area contributed by atoms with Gasteiger partial charge in [0.2, 0.25) is 0 Å². The quantitative estimate of drug-likeness (QED) is 0.910. The average Bonchev–Trinajstić information content (AvgIpc) is 2.75. The Labute approximate surface area is 124 Å². The van der Waals surface area contributed by atoms with Crippen LogP contribution < -0.4 is 5.32 Å². The Morgan fingerprint density at radius 2 is 2.00 bits per heavy atom. The molecule has 2 rings (SSSR count). The highest BCUT2D eigenvalue weighted by Gasteiger charge is 2.28. The molecule has 1 atom stereocenters. The van der Waals surface area contributed by atoms with Crippen LogP contribution in [-0.4, -0.2) is 29.6 Å². The van der Waals surface area contributed by atoms with Crippen molar-refractivity contribution in [1.82, 2.24) is 10.2 Å². The topological polar surface area (TPSA) is 28.4 Å². The summed E-state index contributed by atoms with van der Waals surface area (Å²) in [7, 11) is 0. The SMILES string of the molecule is C[C@@H](NC1CCN(C(C)(C)C)CC1)c1occc1Br. The van der Waals surface area contributed by atoms with Gasteiger partial charge in [0, 0.05) is 24.7 Å². The van der Waals surface area contributed by atoms with Crippen molar-refractivity contribution in [3.05, 3.63) is 22.6 Å². The minimum absolute atomic E-state index is 0.260. The standard InChI is InChI=1S/C15H25BrN2O/c1-11(14-13(16)7-10-19-14)17-12-5-8-18(9-6-12)15(2,3)4/h7,10-12,17H,5-6,8-9H2,1-4H3/t11-/m1/s1. The third-order valence-electron chi connectivity index (χ3n) is 3.97. The Bertz CT molecular complexity index is 403. The monoisotopic (exact) mass is 328 g/mol. The Hall–Kier alpha value is -0.320. The van der Waals surface area contributed by atoms with Crippen LogP contribution in [-0.2, 0) is 0 Å². The van der Waals surface area contributed by atoms with E-state index in [0.29, 0.717) is 11.6 Å². The lowest BCUT2D eigenvalue weighted by Crippen LogP contribution is -2.50. The highest BCUT2D eigenvalue weighted by molar-refractivity contribution is 9.10. The molecule has 0 bridgehead atoms. The zero-order chi connectivity index (χ0) is 14.0. The summed E-state index contributed by atoms with van der Waals surface area (Å²) in [5.74, 6) is 0.998. The van der Waals surface area contributed by atoms with E-state index in [1.807, 2.05) is 6.07 Å². The summed E-state index contributed by atoms with van der Waals surface area (Å²) < 4.78 is 6.58. The van der Waals surface area contributed by atoms with Gasteiger partial charge in [-0.15, -0.1) is 0 Å². The Morgan fingerprint density at radius 1 is 1.37 bits per heavy atom. The van der Waals surface area contributed by atoms with Gasteiger partial charge in [0.25, 0.3) is 0 Å². The lowest BCUT2D eigenvalue weighted by atomic mass is 9.97. The summed E-state index contributed by atoms with van der Waals surface area (Å²) in [6, 6.07) is 2.80. The fourth-order valence-electron chi connectivity index (χ4n) is 2.76. The Kier molecular flexibility index (Phi) is 4.75. The van der Waals surface area contributed by atoms with Crippen LogP contribution in [0.15, 0.2) is 21.2 Å². The van der Waals surface area contributed by atoms with Crippen LogP contribution in [0.2, 0.25) is 0 Å². The van der Waals surface area contributed by atoms with Crippen LogP contribution in [0.5, 0.6) is 0 Å². The summed E-state index contributed by atoms with van der Waals surface area (Å²) in [5.41, 5.74) is 0.292. The minimum Gasteiger partial charge on any atom is -0.466 e. The molecule has 1 aromatic heterocycles. The van der Waals surface area contributed by atoms with E-state index >= 15 is 0 Å². The first kappa shape index (κ1) is 15.1. The first-order valence-electron chi connectivity index (χ1n) is 7.12. The second-order valence-electron chi connectivity index (χ2n) is 6.45. The van der Waals surface area contributed by atoms with Crippen molar-refractivity contribution in [3.63, 3.8) is 0 Å². The number of nitrogens with one attached hydrogen (secondary N) is 1. The van der Waals surface area contributed by atoms with E-state index in [-0.39, 0.29) is 6.04 Å². The van der Waals surface area contributed by atoms with Crippen LogP contribution in [0, 0.1) is 0 Å². The zero-order valence-corrected chi connectivity index (χ0v) is 14.0. The van der Waals surface area contributed by atoms with Gasteiger partial charge in [0.1, 0.15) is 5.76 Å². The van der Waals surface area contributed by atoms with E-state index in [1.165, 1.54) is 25.9 Å². The number of nitrogens with zero attached hydrogens (tertiary/aromatic N) is 1. The number of piperidine rings is 1. The first-order chi connectivity index (χ1) is 8.88. The lowest BCUT2D eigenvalue weighted by molar-refractivity contribution is 0.0935. The van der Waals surface area contributed by atoms with E-state index in [4.69, 9.17) is 4.42 Å². The number of likely N-dealkylation sites (tertiary alicyclic amines) is 1. The molecule has 1 fully saturated rings. The largest absolute Gasteiger partial charge is 0.466 e. The van der Waals surface area contributed by atoms with Gasteiger partial charge in [0.15, 0.2) is 0 Å². The van der Waals surface area contributed by atoms with Crippen LogP contribution in [0.4, 0.5) is 0 Å². The third-order valence-corrected chi connectivity index (χ3v) is 4.62. The molecular formula is C15H25BrN2O. The van der Waals surface area contributed by atoms with E-state index in [1.54, 1.807) is 6.26 Å². The fourth-order valence-corrected chi connectivity index (χ4v) is 3.31. The number of furan rings is 1. The highest BCUT2D eigenvalue weighted by atomic mass is 79.9. The predicted molar refractivity (Wildman–Crippen MR) is 82.3 cm³/mol. The summed E-state index contributed by atoms with van der Waals surface area (Å²) in [6.45, 7) is 11.4. The van der Waals surface area contributed by atoms with Gasteiger partial charge in [-0.1, -0.05) is 0 Å². The highest BCUT2D eigenvalue weighted by Crippen LogP contribution is 2.26. The van der Waals surface area contributed by atoms with Gasteiger partial charge in [-0.05, 0) is 62.5 Å². The summed E-state index contributed by atoms with van der Waals surface area (Å²) in [4.78, 5) is 2.57. The van der Waals surface area contributed by atoms with Crippen molar-refractivity contribution in [2.24, 2.45) is 0 Å². The molecule has 108 valence electrons. The molecule has 0 unspecified atom stereocenters. The van der Waals surface area contributed by atoms with E-state index < -0.39 is 0 Å². The summed E-state index contributed by atoms with van der Waals surface area (Å²) >= 11 is 3.53. The molecule has 0 aromatic carbocycles. The molecule has 0 amide bonds. The van der Waals surface area contributed by atoms with Crippen LogP contribution in [0.1, 0.15) is 52.3 Å². The van der Waals surface area contributed by atoms with Gasteiger partial charge in [-0.3, -0.25) is 4.90 Å². The maximum absolute atomic E-state index is 5.52. The predicted octanol–water partition coefficient (Wildman–Crippen LogP) is 3.96. The Morgan fingerprint density at radius 3 is 2.47 bits per heavy atom. The van der Waals surface area contributed by atoms with Crippen LogP contribution in [0.25, 0.3) is 0 Å². The molecule has 1 aromatic rings. The molecular weight excluding hydrogens is 304 g/mol. The second kappa shape index (κ2) is 5.98. The molecule has 1 N–H and O–H groups in total. The summed E-state index contributed by atoms with van der Waals surface area (Å²) in [5, 5.41) is 3.68. The molecule has 1 aliphatic rings. The number of hydrogen-bond acceptors (Lipinski definition) is 3. The molecule has 0 saturated carbocycles. The molecule has 4 heteroatoms. The number of rotatable bonds is 3. The van der Waals surface area contributed by atoms with E-state index in [9.17, 15) is 0 Å². The third kappa shape index (κ3) is 3.83. The van der Waals surface area contributed by atoms with Gasteiger partial charge in [-0.25, -0.2) is 0 Å². The molecule has 1 aliphatic heterocycles. The van der Waals surface area contributed by atoms with Gasteiger partial charge in [-0.2, -0.15) is 0 Å². The fraction of sp³-hybridized carbons (Fsp3) is 0.733. The molecule has 2 heterocycles. The maximum Gasteiger partial charge on any atom is 0.134 e. The average molecular weight is 329 g/mol. The zero-order valence-electron chi connectivity index (χ0n) is 12.4. The normalized spacial score (nSPS) is 20.7. The van der Waals surface area contributed by atoms with Crippen molar-refractivity contribution in [2.75, 3.05) is 13.1 Å². The van der Waals surface area contributed by atoms with Crippen molar-refractivity contribution < 1.29 is 4.42 Å². The smallest absolute Gasteiger partial charge is 0.134 e. The van der Waals surface area contributed by atoms with Crippen molar-refractivity contribution in [1.29, 1.82) is 0 Å². The minimum atomic E-state index is 0.260. The summed E-state index contributed by atoms with van der Waals surface area (Å²) in [6.07, 6.45) is 4.15. The molecule has 0 spiro atoms. The molecule has 19 heavy (non-hydrogen) atoms.